The molecule has 2 atom stereocenters. The van der Waals surface area contributed by atoms with Crippen LogP contribution in [0.2, 0.25) is 0 Å². The maximum atomic E-state index is 6.11. The summed E-state index contributed by atoms with van der Waals surface area (Å²) in [5.74, 6) is 1.04. The molecular weight excluding hydrogens is 222 g/mol. The van der Waals surface area contributed by atoms with E-state index in [9.17, 15) is 0 Å². The zero-order chi connectivity index (χ0) is 13.5. The Morgan fingerprint density at radius 2 is 2.00 bits per heavy atom. The van der Waals surface area contributed by atoms with E-state index < -0.39 is 0 Å². The molecule has 0 aromatic heterocycles. The molecule has 0 radical (unpaired) electrons. The first kappa shape index (κ1) is 15.0. The maximum Gasteiger partial charge on any atom is 0.125 e. The Kier molecular flexibility index (Phi) is 6.20. The van der Waals surface area contributed by atoms with Crippen LogP contribution in [0.3, 0.4) is 0 Å². The molecule has 0 amide bonds. The third-order valence-corrected chi connectivity index (χ3v) is 3.31. The number of hydrogen-bond donors (Lipinski definition) is 1. The number of nitrogens with two attached hydrogens (primary N) is 1. The van der Waals surface area contributed by atoms with Crippen LogP contribution in [-0.4, -0.2) is 12.1 Å². The average Bonchev–Trinajstić information content (AvgIpc) is 2.33. The van der Waals surface area contributed by atoms with Crippen molar-refractivity contribution in [3.8, 4) is 5.75 Å². The van der Waals surface area contributed by atoms with Gasteiger partial charge >= 0.3 is 0 Å². The number of ether oxygens (including phenoxy) is 1. The van der Waals surface area contributed by atoms with Crippen molar-refractivity contribution in [2.45, 2.75) is 65.5 Å². The Morgan fingerprint density at radius 3 is 2.61 bits per heavy atom. The molecule has 0 fully saturated rings. The normalized spacial score (nSPS) is 14.3. The van der Waals surface area contributed by atoms with Crippen molar-refractivity contribution in [1.82, 2.24) is 0 Å². The molecule has 0 saturated heterocycles. The van der Waals surface area contributed by atoms with E-state index in [1.54, 1.807) is 0 Å². The summed E-state index contributed by atoms with van der Waals surface area (Å²) in [5.41, 5.74) is 8.51. The Hall–Kier alpha value is -1.02. The predicted octanol–water partition coefficient (Wildman–Crippen LogP) is 3.84. The van der Waals surface area contributed by atoms with E-state index in [1.807, 2.05) is 0 Å². The van der Waals surface area contributed by atoms with Crippen LogP contribution >= 0.6 is 0 Å². The summed E-state index contributed by atoms with van der Waals surface area (Å²) in [4.78, 5) is 0. The predicted molar refractivity (Wildman–Crippen MR) is 78.1 cm³/mol. The molecule has 2 nitrogen and oxygen atoms in total. The number of rotatable bonds is 7. The van der Waals surface area contributed by atoms with E-state index in [4.69, 9.17) is 10.5 Å². The lowest BCUT2D eigenvalue weighted by Gasteiger charge is -2.20. The van der Waals surface area contributed by atoms with Gasteiger partial charge in [0.15, 0.2) is 0 Å². The van der Waals surface area contributed by atoms with Gasteiger partial charge in [0, 0.05) is 6.04 Å². The molecular formula is C16H27NO. The van der Waals surface area contributed by atoms with Gasteiger partial charge in [0.1, 0.15) is 5.75 Å². The first-order valence-corrected chi connectivity index (χ1v) is 7.09. The minimum atomic E-state index is 0.218. The number of benzene rings is 1. The Bertz CT molecular complexity index is 362. The molecule has 0 bridgehead atoms. The Balaban J connectivity index is 2.86. The summed E-state index contributed by atoms with van der Waals surface area (Å²) in [6.45, 7) is 8.56. The molecule has 1 rings (SSSR count). The van der Waals surface area contributed by atoms with Crippen molar-refractivity contribution in [3.05, 3.63) is 29.3 Å². The third-order valence-electron chi connectivity index (χ3n) is 3.31. The van der Waals surface area contributed by atoms with Crippen LogP contribution in [-0.2, 0) is 6.42 Å². The molecule has 0 spiro atoms. The minimum absolute atomic E-state index is 0.218. The second-order valence-electron chi connectivity index (χ2n) is 5.15. The van der Waals surface area contributed by atoms with Crippen molar-refractivity contribution < 1.29 is 4.74 Å². The van der Waals surface area contributed by atoms with Crippen molar-refractivity contribution in [1.29, 1.82) is 0 Å². The van der Waals surface area contributed by atoms with E-state index in [0.29, 0.717) is 0 Å². The molecule has 2 unspecified atom stereocenters. The fraction of sp³-hybridized carbons (Fsp3) is 0.625. The minimum Gasteiger partial charge on any atom is -0.490 e. The third kappa shape index (κ3) is 4.34. The van der Waals surface area contributed by atoms with Crippen molar-refractivity contribution in [2.24, 2.45) is 5.73 Å². The van der Waals surface area contributed by atoms with Gasteiger partial charge in [-0.05, 0) is 44.2 Å². The second kappa shape index (κ2) is 7.42. The maximum absolute atomic E-state index is 6.11. The van der Waals surface area contributed by atoms with Gasteiger partial charge in [-0.1, -0.05) is 38.5 Å². The topological polar surface area (TPSA) is 35.2 Å². The van der Waals surface area contributed by atoms with Crippen LogP contribution in [0.1, 0.15) is 51.2 Å². The Morgan fingerprint density at radius 1 is 1.28 bits per heavy atom. The standard InChI is InChI=1S/C16H27NO/c1-5-8-13(4)18-16-12(3)9-7-10-14(16)11-15(17)6-2/h7,9-10,13,15H,5-6,8,11,17H2,1-4H3. The van der Waals surface area contributed by atoms with Gasteiger partial charge in [-0.15, -0.1) is 0 Å². The smallest absolute Gasteiger partial charge is 0.125 e. The lowest BCUT2D eigenvalue weighted by Crippen LogP contribution is -2.22. The van der Waals surface area contributed by atoms with Crippen LogP contribution < -0.4 is 10.5 Å². The van der Waals surface area contributed by atoms with E-state index >= 15 is 0 Å². The molecule has 0 aliphatic rings. The molecule has 0 aliphatic carbocycles. The van der Waals surface area contributed by atoms with E-state index in [2.05, 4.69) is 45.9 Å². The van der Waals surface area contributed by atoms with Crippen LogP contribution in [0.5, 0.6) is 5.75 Å². The van der Waals surface area contributed by atoms with Crippen LogP contribution in [0.4, 0.5) is 0 Å². The van der Waals surface area contributed by atoms with Crippen LogP contribution in [0.25, 0.3) is 0 Å². The largest absolute Gasteiger partial charge is 0.490 e. The fourth-order valence-corrected chi connectivity index (χ4v) is 2.14. The second-order valence-corrected chi connectivity index (χ2v) is 5.15. The van der Waals surface area contributed by atoms with Gasteiger partial charge in [-0.25, -0.2) is 0 Å². The van der Waals surface area contributed by atoms with Gasteiger partial charge in [0.2, 0.25) is 0 Å². The molecule has 2 heteroatoms. The molecule has 1 aromatic rings. The Labute approximate surface area is 112 Å². The molecule has 1 aromatic carbocycles. The highest BCUT2D eigenvalue weighted by Crippen LogP contribution is 2.26. The highest BCUT2D eigenvalue weighted by atomic mass is 16.5. The van der Waals surface area contributed by atoms with Crippen LogP contribution in [0, 0.1) is 6.92 Å². The van der Waals surface area contributed by atoms with E-state index in [-0.39, 0.29) is 12.1 Å². The summed E-state index contributed by atoms with van der Waals surface area (Å²) < 4.78 is 6.11. The molecule has 0 aliphatic heterocycles. The lowest BCUT2D eigenvalue weighted by atomic mass is 10.0. The quantitative estimate of drug-likeness (QED) is 0.796. The first-order chi connectivity index (χ1) is 8.58. The molecule has 2 N–H and O–H groups in total. The number of hydrogen-bond acceptors (Lipinski definition) is 2. The highest BCUT2D eigenvalue weighted by Gasteiger charge is 2.12. The first-order valence-electron chi connectivity index (χ1n) is 7.09. The molecule has 0 heterocycles. The fourth-order valence-electron chi connectivity index (χ4n) is 2.14. The van der Waals surface area contributed by atoms with Gasteiger partial charge in [-0.3, -0.25) is 0 Å². The van der Waals surface area contributed by atoms with Gasteiger partial charge < -0.3 is 10.5 Å². The van der Waals surface area contributed by atoms with Crippen molar-refractivity contribution in [2.75, 3.05) is 0 Å². The van der Waals surface area contributed by atoms with Gasteiger partial charge in [0.05, 0.1) is 6.10 Å². The molecule has 18 heavy (non-hydrogen) atoms. The zero-order valence-corrected chi connectivity index (χ0v) is 12.2. The molecule has 0 saturated carbocycles. The van der Waals surface area contributed by atoms with Crippen molar-refractivity contribution >= 4 is 0 Å². The number of aryl methyl sites for hydroxylation is 1. The zero-order valence-electron chi connectivity index (χ0n) is 12.2. The van der Waals surface area contributed by atoms with Crippen molar-refractivity contribution in [3.63, 3.8) is 0 Å². The number of para-hydroxylation sites is 1. The summed E-state index contributed by atoms with van der Waals surface area (Å²) in [6, 6.07) is 6.55. The van der Waals surface area contributed by atoms with Gasteiger partial charge in [-0.2, -0.15) is 0 Å². The lowest BCUT2D eigenvalue weighted by molar-refractivity contribution is 0.206. The van der Waals surface area contributed by atoms with E-state index in [1.165, 1.54) is 11.1 Å². The summed E-state index contributed by atoms with van der Waals surface area (Å²) >= 11 is 0. The SMILES string of the molecule is CCCC(C)Oc1c(C)cccc1CC(N)CC. The van der Waals surface area contributed by atoms with Gasteiger partial charge in [0.25, 0.3) is 0 Å². The molecule has 102 valence electrons. The highest BCUT2D eigenvalue weighted by molar-refractivity contribution is 5.41. The van der Waals surface area contributed by atoms with Crippen LogP contribution in [0.15, 0.2) is 18.2 Å². The summed E-state index contributed by atoms with van der Waals surface area (Å²) in [5, 5.41) is 0. The summed E-state index contributed by atoms with van der Waals surface area (Å²) in [7, 11) is 0. The average molecular weight is 249 g/mol. The monoisotopic (exact) mass is 249 g/mol. The summed E-state index contributed by atoms with van der Waals surface area (Å²) in [6.07, 6.45) is 4.40. The van der Waals surface area contributed by atoms with E-state index in [0.717, 1.165) is 31.4 Å².